The predicted molar refractivity (Wildman–Crippen MR) is 114 cm³/mol. The van der Waals surface area contributed by atoms with E-state index in [9.17, 15) is 4.39 Å². The zero-order valence-electron chi connectivity index (χ0n) is 17.0. The summed E-state index contributed by atoms with van der Waals surface area (Å²) in [5.41, 5.74) is 3.98. The van der Waals surface area contributed by atoms with E-state index >= 15 is 0 Å². The van der Waals surface area contributed by atoms with Gasteiger partial charge >= 0.3 is 0 Å². The normalized spacial score (nSPS) is 11.2. The van der Waals surface area contributed by atoms with E-state index in [2.05, 4.69) is 30.6 Å². The van der Waals surface area contributed by atoms with Crippen molar-refractivity contribution >= 4 is 17.4 Å². The molecule has 0 aliphatic heterocycles. The summed E-state index contributed by atoms with van der Waals surface area (Å²) in [5, 5.41) is 15.9. The van der Waals surface area contributed by atoms with Gasteiger partial charge in [-0.05, 0) is 42.3 Å². The van der Waals surface area contributed by atoms with E-state index in [1.54, 1.807) is 30.1 Å². The Kier molecular flexibility index (Phi) is 4.62. The number of hydrogen-bond donors (Lipinski definition) is 1. The molecule has 1 aromatic carbocycles. The molecule has 0 bridgehead atoms. The molecule has 0 spiro atoms. The lowest BCUT2D eigenvalue weighted by Gasteiger charge is -2.07. The van der Waals surface area contributed by atoms with Crippen LogP contribution in [0.2, 0.25) is 0 Å². The molecular weight excluding hydrogens is 395 g/mol. The molecule has 5 aromatic rings. The van der Waals surface area contributed by atoms with Gasteiger partial charge in [-0.25, -0.2) is 14.4 Å². The quantitative estimate of drug-likeness (QED) is 0.472. The second kappa shape index (κ2) is 7.60. The van der Waals surface area contributed by atoms with E-state index in [-0.39, 0.29) is 5.82 Å². The Bertz CT molecular complexity index is 1390. The second-order valence-corrected chi connectivity index (χ2v) is 7.25. The molecule has 0 saturated heterocycles. The Balaban J connectivity index is 1.42. The molecule has 0 fully saturated rings. The van der Waals surface area contributed by atoms with Crippen molar-refractivity contribution in [3.8, 4) is 11.3 Å². The van der Waals surface area contributed by atoms with Crippen molar-refractivity contribution in [2.24, 2.45) is 7.05 Å². The number of rotatable bonds is 5. The minimum absolute atomic E-state index is 0.207. The van der Waals surface area contributed by atoms with Crippen LogP contribution in [0.4, 0.5) is 16.2 Å². The maximum absolute atomic E-state index is 13.5. The predicted octanol–water partition coefficient (Wildman–Crippen LogP) is 3.70. The van der Waals surface area contributed by atoms with Crippen molar-refractivity contribution in [1.29, 1.82) is 0 Å². The number of halogens is 1. The van der Waals surface area contributed by atoms with Crippen molar-refractivity contribution in [3.05, 3.63) is 83.8 Å². The van der Waals surface area contributed by atoms with Crippen LogP contribution in [0, 0.1) is 12.7 Å². The van der Waals surface area contributed by atoms with Gasteiger partial charge in [-0.3, -0.25) is 9.08 Å². The number of aromatic nitrogens is 7. The van der Waals surface area contributed by atoms with E-state index < -0.39 is 0 Å². The molecule has 31 heavy (non-hydrogen) atoms. The molecule has 0 unspecified atom stereocenters. The highest BCUT2D eigenvalue weighted by Gasteiger charge is 2.11. The molecule has 9 heteroatoms. The Morgan fingerprint density at radius 1 is 1.03 bits per heavy atom. The van der Waals surface area contributed by atoms with Crippen LogP contribution in [-0.4, -0.2) is 34.3 Å². The van der Waals surface area contributed by atoms with E-state index in [4.69, 9.17) is 0 Å². The third kappa shape index (κ3) is 3.73. The Morgan fingerprint density at radius 3 is 2.74 bits per heavy atom. The third-order valence-corrected chi connectivity index (χ3v) is 5.08. The maximum atomic E-state index is 13.5. The zero-order valence-corrected chi connectivity index (χ0v) is 17.0. The van der Waals surface area contributed by atoms with Crippen molar-refractivity contribution < 1.29 is 4.39 Å². The number of aryl methyl sites for hydroxylation is 2. The molecule has 8 nitrogen and oxygen atoms in total. The fourth-order valence-corrected chi connectivity index (χ4v) is 3.41. The highest BCUT2D eigenvalue weighted by molar-refractivity contribution is 5.65. The molecule has 1 N–H and O–H groups in total. The first-order chi connectivity index (χ1) is 15.1. The topological polar surface area (TPSA) is 85.8 Å². The molecule has 0 aliphatic rings. The summed E-state index contributed by atoms with van der Waals surface area (Å²) in [5.74, 6) is 1.86. The van der Waals surface area contributed by atoms with Crippen LogP contribution in [0.15, 0.2) is 61.1 Å². The van der Waals surface area contributed by atoms with E-state index in [1.165, 1.54) is 6.07 Å². The minimum atomic E-state index is -0.207. The number of hydrogen-bond acceptors (Lipinski definition) is 6. The first kappa shape index (κ1) is 18.9. The number of benzene rings is 1. The summed E-state index contributed by atoms with van der Waals surface area (Å²) in [4.78, 5) is 8.89. The smallest absolute Gasteiger partial charge is 0.228 e. The Labute approximate surface area is 177 Å². The summed E-state index contributed by atoms with van der Waals surface area (Å²) in [6.07, 6.45) is 5.90. The van der Waals surface area contributed by atoms with Crippen LogP contribution < -0.4 is 5.32 Å². The van der Waals surface area contributed by atoms with Crippen LogP contribution in [-0.2, 0) is 13.5 Å². The second-order valence-electron chi connectivity index (χ2n) is 7.25. The van der Waals surface area contributed by atoms with Crippen molar-refractivity contribution in [2.75, 3.05) is 5.32 Å². The van der Waals surface area contributed by atoms with Gasteiger partial charge < -0.3 is 5.32 Å². The monoisotopic (exact) mass is 414 g/mol. The minimum Gasteiger partial charge on any atom is -0.309 e. The molecule has 0 amide bonds. The molecule has 0 aliphatic carbocycles. The molecule has 4 heterocycles. The molecular formula is C22H19FN8. The lowest BCUT2D eigenvalue weighted by molar-refractivity contribution is 0.617. The van der Waals surface area contributed by atoms with Crippen molar-refractivity contribution in [1.82, 2.24) is 34.3 Å². The number of anilines is 2. The maximum Gasteiger partial charge on any atom is 0.228 e. The van der Waals surface area contributed by atoms with Crippen LogP contribution in [0.3, 0.4) is 0 Å². The number of pyridine rings is 1. The van der Waals surface area contributed by atoms with Gasteiger partial charge in [-0.1, -0.05) is 12.1 Å². The van der Waals surface area contributed by atoms with Crippen LogP contribution in [0.5, 0.6) is 0 Å². The van der Waals surface area contributed by atoms with Gasteiger partial charge in [0.25, 0.3) is 0 Å². The summed E-state index contributed by atoms with van der Waals surface area (Å²) in [6.45, 7) is 1.76. The zero-order chi connectivity index (χ0) is 21.4. The largest absolute Gasteiger partial charge is 0.309 e. The highest BCUT2D eigenvalue weighted by Crippen LogP contribution is 2.21. The van der Waals surface area contributed by atoms with Crippen LogP contribution in [0.1, 0.15) is 17.0 Å². The number of nitrogens with one attached hydrogen (secondary N) is 1. The highest BCUT2D eigenvalue weighted by atomic mass is 19.1. The number of fused-ring (bicyclic) bond motifs is 1. The van der Waals surface area contributed by atoms with Crippen molar-refractivity contribution in [2.45, 2.75) is 13.3 Å². The molecule has 4 aromatic heterocycles. The third-order valence-electron chi connectivity index (χ3n) is 5.08. The van der Waals surface area contributed by atoms with Gasteiger partial charge in [-0.2, -0.15) is 5.10 Å². The average molecular weight is 414 g/mol. The molecule has 0 saturated carbocycles. The Hall–Kier alpha value is -4.14. The van der Waals surface area contributed by atoms with Crippen LogP contribution in [0.25, 0.3) is 16.9 Å². The summed E-state index contributed by atoms with van der Waals surface area (Å²) < 4.78 is 17.2. The van der Waals surface area contributed by atoms with Gasteiger partial charge in [0.2, 0.25) is 5.95 Å². The lowest BCUT2D eigenvalue weighted by atomic mass is 10.1. The lowest BCUT2D eigenvalue weighted by Crippen LogP contribution is -2.03. The molecule has 154 valence electrons. The standard InChI is InChI=1S/C22H19FN8/c1-14-11-15(3-4-17(14)23)12-20-28-29-21-13-16(7-10-31(20)21)18-5-8-24-22(26-18)27-19-6-9-25-30(19)2/h3-11,13H,12H2,1-2H3,(H,24,26,27). The van der Waals surface area contributed by atoms with Gasteiger partial charge in [0.1, 0.15) is 17.5 Å². The Morgan fingerprint density at radius 2 is 1.94 bits per heavy atom. The summed E-state index contributed by atoms with van der Waals surface area (Å²) in [6, 6.07) is 12.7. The molecule has 5 rings (SSSR count). The van der Waals surface area contributed by atoms with Gasteiger partial charge in [0, 0.05) is 37.5 Å². The SMILES string of the molecule is Cc1cc(Cc2nnc3cc(-c4ccnc(Nc5ccnn5C)n4)ccn23)ccc1F. The first-order valence-corrected chi connectivity index (χ1v) is 9.74. The fourth-order valence-electron chi connectivity index (χ4n) is 3.41. The van der Waals surface area contributed by atoms with E-state index in [0.717, 1.165) is 28.5 Å². The van der Waals surface area contributed by atoms with Gasteiger partial charge in [-0.15, -0.1) is 10.2 Å². The number of nitrogens with zero attached hydrogens (tertiary/aromatic N) is 7. The van der Waals surface area contributed by atoms with Crippen molar-refractivity contribution in [3.63, 3.8) is 0 Å². The summed E-state index contributed by atoms with van der Waals surface area (Å²) in [7, 11) is 1.84. The first-order valence-electron chi connectivity index (χ1n) is 9.74. The molecule has 0 radical (unpaired) electrons. The van der Waals surface area contributed by atoms with Crippen LogP contribution >= 0.6 is 0 Å². The van der Waals surface area contributed by atoms with E-state index in [0.29, 0.717) is 23.6 Å². The fraction of sp³-hybridized carbons (Fsp3) is 0.136. The average Bonchev–Trinajstić information content (AvgIpc) is 3.36. The van der Waals surface area contributed by atoms with Gasteiger partial charge in [0.05, 0.1) is 11.9 Å². The molecule has 0 atom stereocenters. The summed E-state index contributed by atoms with van der Waals surface area (Å²) >= 11 is 0. The van der Waals surface area contributed by atoms with Gasteiger partial charge in [0.15, 0.2) is 5.65 Å². The van der Waals surface area contributed by atoms with E-state index in [1.807, 2.05) is 48.0 Å².